The molecule has 7 nitrogen and oxygen atoms in total. The third-order valence-corrected chi connectivity index (χ3v) is 2.52. The summed E-state index contributed by atoms with van der Waals surface area (Å²) in [6.45, 7) is 0. The van der Waals surface area contributed by atoms with Gasteiger partial charge in [0.1, 0.15) is 12.1 Å². The summed E-state index contributed by atoms with van der Waals surface area (Å²) in [5.74, 6) is 7.59. The van der Waals surface area contributed by atoms with Gasteiger partial charge in [-0.1, -0.05) is 0 Å². The Labute approximate surface area is 91.5 Å². The molecule has 0 spiro atoms. The second-order valence-corrected chi connectivity index (χ2v) is 3.75. The maximum atomic E-state index is 5.38. The van der Waals surface area contributed by atoms with Crippen molar-refractivity contribution >= 4 is 5.82 Å². The molecule has 2 aromatic rings. The molecule has 0 bridgehead atoms. The third kappa shape index (κ3) is 1.61. The van der Waals surface area contributed by atoms with Crippen molar-refractivity contribution in [2.24, 2.45) is 5.84 Å². The summed E-state index contributed by atoms with van der Waals surface area (Å²) in [7, 11) is 0. The van der Waals surface area contributed by atoms with E-state index in [0.29, 0.717) is 23.4 Å². The molecule has 0 amide bonds. The minimum absolute atomic E-state index is 0.523. The number of hydrogen-bond donors (Lipinski definition) is 3. The van der Waals surface area contributed by atoms with Gasteiger partial charge in [-0.05, 0) is 12.8 Å². The van der Waals surface area contributed by atoms with Crippen molar-refractivity contribution in [2.75, 3.05) is 5.43 Å². The van der Waals surface area contributed by atoms with Gasteiger partial charge >= 0.3 is 0 Å². The molecule has 1 saturated carbocycles. The maximum absolute atomic E-state index is 5.38. The van der Waals surface area contributed by atoms with Gasteiger partial charge in [-0.25, -0.2) is 20.8 Å². The van der Waals surface area contributed by atoms with E-state index < -0.39 is 0 Å². The van der Waals surface area contributed by atoms with Crippen molar-refractivity contribution in [2.45, 2.75) is 18.8 Å². The van der Waals surface area contributed by atoms with Crippen LogP contribution in [-0.4, -0.2) is 25.1 Å². The molecule has 0 aromatic carbocycles. The zero-order chi connectivity index (χ0) is 11.0. The standard InChI is InChI=1S/C9H11N7/c10-15-7-3-6(5-1-2-5)13-9(14-7)8-11-4-12-16-8/h3-5H,1-2,10H2,(H,11,12,16)(H,13,14,15). The molecule has 1 aliphatic carbocycles. The van der Waals surface area contributed by atoms with Crippen molar-refractivity contribution < 1.29 is 0 Å². The molecule has 4 N–H and O–H groups in total. The summed E-state index contributed by atoms with van der Waals surface area (Å²) in [4.78, 5) is 12.7. The van der Waals surface area contributed by atoms with E-state index in [1.54, 1.807) is 0 Å². The first-order valence-corrected chi connectivity index (χ1v) is 5.08. The highest BCUT2D eigenvalue weighted by Crippen LogP contribution is 2.39. The van der Waals surface area contributed by atoms with E-state index in [9.17, 15) is 0 Å². The minimum Gasteiger partial charge on any atom is -0.308 e. The molecule has 3 rings (SSSR count). The molecule has 0 atom stereocenters. The molecule has 2 heterocycles. The van der Waals surface area contributed by atoms with Crippen LogP contribution in [0.2, 0.25) is 0 Å². The molecule has 7 heteroatoms. The van der Waals surface area contributed by atoms with Gasteiger partial charge in [-0.3, -0.25) is 5.10 Å². The number of nitrogens with one attached hydrogen (secondary N) is 2. The van der Waals surface area contributed by atoms with Gasteiger partial charge in [0.15, 0.2) is 11.6 Å². The van der Waals surface area contributed by atoms with Crippen molar-refractivity contribution in [3.8, 4) is 11.6 Å². The van der Waals surface area contributed by atoms with Crippen molar-refractivity contribution in [1.82, 2.24) is 25.1 Å². The average molecular weight is 217 g/mol. The first kappa shape index (κ1) is 9.22. The first-order chi connectivity index (χ1) is 7.86. The van der Waals surface area contributed by atoms with Crippen molar-refractivity contribution in [3.05, 3.63) is 18.1 Å². The molecule has 0 radical (unpaired) electrons. The van der Waals surface area contributed by atoms with Gasteiger partial charge in [-0.15, -0.1) is 0 Å². The molecule has 82 valence electrons. The normalized spacial score (nSPS) is 15.1. The molecule has 1 fully saturated rings. The van der Waals surface area contributed by atoms with Crippen LogP contribution in [0.25, 0.3) is 11.6 Å². The van der Waals surface area contributed by atoms with Crippen LogP contribution in [0.5, 0.6) is 0 Å². The minimum atomic E-state index is 0.523. The number of aromatic amines is 1. The van der Waals surface area contributed by atoms with Crippen LogP contribution in [0.4, 0.5) is 5.82 Å². The quantitative estimate of drug-likeness (QED) is 0.508. The van der Waals surface area contributed by atoms with Crippen LogP contribution in [0.15, 0.2) is 12.4 Å². The van der Waals surface area contributed by atoms with Gasteiger partial charge in [0, 0.05) is 17.7 Å². The van der Waals surface area contributed by atoms with Gasteiger partial charge < -0.3 is 5.43 Å². The second kappa shape index (κ2) is 3.53. The van der Waals surface area contributed by atoms with E-state index in [1.165, 1.54) is 19.2 Å². The Kier molecular flexibility index (Phi) is 2.03. The average Bonchev–Trinajstić information content (AvgIpc) is 3.04. The van der Waals surface area contributed by atoms with E-state index in [2.05, 4.69) is 30.6 Å². The third-order valence-electron chi connectivity index (χ3n) is 2.52. The number of nitrogens with two attached hydrogens (primary N) is 1. The Hall–Kier alpha value is -2.02. The molecule has 16 heavy (non-hydrogen) atoms. The largest absolute Gasteiger partial charge is 0.308 e. The Morgan fingerprint density at radius 3 is 2.88 bits per heavy atom. The van der Waals surface area contributed by atoms with Gasteiger partial charge in [0.2, 0.25) is 0 Å². The topological polar surface area (TPSA) is 105 Å². The monoisotopic (exact) mass is 217 g/mol. The van der Waals surface area contributed by atoms with Gasteiger partial charge in [-0.2, -0.15) is 5.10 Å². The van der Waals surface area contributed by atoms with Crippen LogP contribution >= 0.6 is 0 Å². The smallest absolute Gasteiger partial charge is 0.199 e. The van der Waals surface area contributed by atoms with Crippen LogP contribution in [0, 0.1) is 0 Å². The molecule has 0 saturated heterocycles. The first-order valence-electron chi connectivity index (χ1n) is 5.08. The number of hydrazine groups is 1. The molecular weight excluding hydrogens is 206 g/mol. The number of H-pyrrole nitrogens is 1. The molecule has 0 aliphatic heterocycles. The Balaban J connectivity index is 2.06. The fraction of sp³-hybridized carbons (Fsp3) is 0.333. The zero-order valence-electron chi connectivity index (χ0n) is 8.51. The predicted octanol–water partition coefficient (Wildman–Crippen LogP) is 0.425. The van der Waals surface area contributed by atoms with E-state index in [-0.39, 0.29) is 0 Å². The van der Waals surface area contributed by atoms with E-state index in [0.717, 1.165) is 5.69 Å². The van der Waals surface area contributed by atoms with Gasteiger partial charge in [0.25, 0.3) is 0 Å². The lowest BCUT2D eigenvalue weighted by atomic mass is 10.2. The highest BCUT2D eigenvalue weighted by Gasteiger charge is 2.26. The van der Waals surface area contributed by atoms with Crippen molar-refractivity contribution in [1.29, 1.82) is 0 Å². The number of aromatic nitrogens is 5. The maximum Gasteiger partial charge on any atom is 0.199 e. The predicted molar refractivity (Wildman–Crippen MR) is 57.2 cm³/mol. The number of anilines is 1. The van der Waals surface area contributed by atoms with Crippen LogP contribution < -0.4 is 11.3 Å². The van der Waals surface area contributed by atoms with Crippen LogP contribution in [0.1, 0.15) is 24.5 Å². The number of nitrogens with zero attached hydrogens (tertiary/aromatic N) is 4. The number of nitrogen functional groups attached to an aromatic ring is 1. The fourth-order valence-corrected chi connectivity index (χ4v) is 1.55. The molecule has 1 aliphatic rings. The number of hydrogen-bond acceptors (Lipinski definition) is 6. The zero-order valence-corrected chi connectivity index (χ0v) is 8.51. The summed E-state index contributed by atoms with van der Waals surface area (Å²) in [5.41, 5.74) is 3.55. The van der Waals surface area contributed by atoms with Crippen LogP contribution in [0.3, 0.4) is 0 Å². The Morgan fingerprint density at radius 2 is 2.25 bits per heavy atom. The highest BCUT2D eigenvalue weighted by molar-refractivity contribution is 5.49. The van der Waals surface area contributed by atoms with E-state index >= 15 is 0 Å². The highest BCUT2D eigenvalue weighted by atomic mass is 15.3. The van der Waals surface area contributed by atoms with Gasteiger partial charge in [0.05, 0.1) is 0 Å². The summed E-state index contributed by atoms with van der Waals surface area (Å²) in [6, 6.07) is 1.87. The Bertz CT molecular complexity index is 489. The van der Waals surface area contributed by atoms with E-state index in [4.69, 9.17) is 5.84 Å². The summed E-state index contributed by atoms with van der Waals surface area (Å²) in [6.07, 6.45) is 3.78. The second-order valence-electron chi connectivity index (χ2n) is 3.75. The SMILES string of the molecule is NNc1cc(C2CC2)nc(-c2ncn[nH]2)n1. The molecular formula is C9H11N7. The lowest BCUT2D eigenvalue weighted by Crippen LogP contribution is -2.10. The summed E-state index contributed by atoms with van der Waals surface area (Å²) < 4.78 is 0. The van der Waals surface area contributed by atoms with E-state index in [1.807, 2.05) is 6.07 Å². The number of rotatable bonds is 3. The lowest BCUT2D eigenvalue weighted by molar-refractivity contribution is 0.973. The van der Waals surface area contributed by atoms with Crippen molar-refractivity contribution in [3.63, 3.8) is 0 Å². The molecule has 2 aromatic heterocycles. The molecule has 0 unspecified atom stereocenters. The Morgan fingerprint density at radius 1 is 1.38 bits per heavy atom. The lowest BCUT2D eigenvalue weighted by Gasteiger charge is -2.04. The summed E-state index contributed by atoms with van der Waals surface area (Å²) >= 11 is 0. The summed E-state index contributed by atoms with van der Waals surface area (Å²) in [5, 5.41) is 6.51. The fourth-order valence-electron chi connectivity index (χ4n) is 1.55. The van der Waals surface area contributed by atoms with Crippen LogP contribution in [-0.2, 0) is 0 Å².